The van der Waals surface area contributed by atoms with E-state index in [9.17, 15) is 15.2 Å². The SMILES string of the molecule is N#CCC1(n2cc(C(N)O)c(NC(=O)C3CC3)n2)CCN(Cc2cccc(-c3ccccc3)c2)CC1. The van der Waals surface area contributed by atoms with Gasteiger partial charge < -0.3 is 16.2 Å². The minimum absolute atomic E-state index is 0.00891. The molecular weight excluding hydrogens is 452 g/mol. The van der Waals surface area contributed by atoms with Gasteiger partial charge in [-0.3, -0.25) is 14.4 Å². The van der Waals surface area contributed by atoms with E-state index in [1.807, 2.05) is 6.07 Å². The third-order valence-corrected chi connectivity index (χ3v) is 7.37. The van der Waals surface area contributed by atoms with Crippen molar-refractivity contribution in [1.29, 1.82) is 5.26 Å². The number of nitriles is 1. The Balaban J connectivity index is 1.30. The van der Waals surface area contributed by atoms with Crippen LogP contribution in [0.5, 0.6) is 0 Å². The van der Waals surface area contributed by atoms with E-state index < -0.39 is 11.8 Å². The second kappa shape index (κ2) is 10.2. The zero-order chi connectivity index (χ0) is 25.1. The van der Waals surface area contributed by atoms with E-state index >= 15 is 0 Å². The highest BCUT2D eigenvalue weighted by Crippen LogP contribution is 2.36. The first-order valence-electron chi connectivity index (χ1n) is 12.6. The highest BCUT2D eigenvalue weighted by molar-refractivity contribution is 5.93. The lowest BCUT2D eigenvalue weighted by atomic mass is 9.84. The van der Waals surface area contributed by atoms with Gasteiger partial charge in [0.05, 0.1) is 23.6 Å². The van der Waals surface area contributed by atoms with E-state index in [0.29, 0.717) is 17.8 Å². The highest BCUT2D eigenvalue weighted by atomic mass is 16.3. The number of nitrogens with zero attached hydrogens (tertiary/aromatic N) is 4. The number of carbonyl (C=O) groups is 1. The van der Waals surface area contributed by atoms with Crippen LogP contribution in [0.2, 0.25) is 0 Å². The summed E-state index contributed by atoms with van der Waals surface area (Å²) in [6.07, 6.45) is 3.94. The van der Waals surface area contributed by atoms with E-state index in [2.05, 4.69) is 69.9 Å². The molecule has 1 aliphatic carbocycles. The number of aromatic nitrogens is 2. The predicted octanol–water partition coefficient (Wildman–Crippen LogP) is 3.75. The summed E-state index contributed by atoms with van der Waals surface area (Å²) in [4.78, 5) is 14.7. The third kappa shape index (κ3) is 5.19. The number of likely N-dealkylation sites (tertiary alicyclic amines) is 1. The summed E-state index contributed by atoms with van der Waals surface area (Å²) in [6, 6.07) is 21.3. The van der Waals surface area contributed by atoms with Crippen molar-refractivity contribution in [3.8, 4) is 17.2 Å². The number of benzene rings is 2. The molecule has 1 saturated carbocycles. The molecule has 2 heterocycles. The monoisotopic (exact) mass is 484 g/mol. The molecule has 0 bridgehead atoms. The Bertz CT molecular complexity index is 1250. The van der Waals surface area contributed by atoms with Gasteiger partial charge in [0.1, 0.15) is 6.23 Å². The number of nitrogens with one attached hydrogen (secondary N) is 1. The molecule has 2 aromatic carbocycles. The van der Waals surface area contributed by atoms with E-state index in [1.165, 1.54) is 16.7 Å². The summed E-state index contributed by atoms with van der Waals surface area (Å²) in [5.74, 6) is 0.207. The second-order valence-electron chi connectivity index (χ2n) is 9.99. The fraction of sp³-hybridized carbons (Fsp3) is 0.393. The second-order valence-corrected chi connectivity index (χ2v) is 9.99. The smallest absolute Gasteiger partial charge is 0.228 e. The average Bonchev–Trinajstić information content (AvgIpc) is 3.66. The molecule has 1 unspecified atom stereocenters. The van der Waals surface area contributed by atoms with Crippen LogP contribution in [0.1, 0.15) is 49.5 Å². The first kappa shape index (κ1) is 24.2. The minimum atomic E-state index is -1.26. The zero-order valence-corrected chi connectivity index (χ0v) is 20.3. The Labute approximate surface area is 211 Å². The minimum Gasteiger partial charge on any atom is -0.374 e. The number of aliphatic hydroxyl groups excluding tert-OH is 1. The van der Waals surface area contributed by atoms with Gasteiger partial charge in [-0.25, -0.2) is 0 Å². The van der Waals surface area contributed by atoms with Gasteiger partial charge >= 0.3 is 0 Å². The van der Waals surface area contributed by atoms with Gasteiger partial charge in [0.2, 0.25) is 5.91 Å². The number of carbonyl (C=O) groups excluding carboxylic acids is 1. The molecule has 3 aromatic rings. The number of aliphatic hydroxyl groups is 1. The summed E-state index contributed by atoms with van der Waals surface area (Å²) in [5, 5.41) is 27.2. The Hall–Kier alpha value is -3.51. The van der Waals surface area contributed by atoms with Crippen molar-refractivity contribution in [1.82, 2.24) is 14.7 Å². The third-order valence-electron chi connectivity index (χ3n) is 7.37. The van der Waals surface area contributed by atoms with Crippen LogP contribution in [0.4, 0.5) is 5.82 Å². The summed E-state index contributed by atoms with van der Waals surface area (Å²) in [6.45, 7) is 2.45. The van der Waals surface area contributed by atoms with E-state index in [0.717, 1.165) is 45.3 Å². The van der Waals surface area contributed by atoms with E-state index in [4.69, 9.17) is 5.73 Å². The lowest BCUT2D eigenvalue weighted by Crippen LogP contribution is -2.46. The molecule has 2 fully saturated rings. The molecule has 8 nitrogen and oxygen atoms in total. The highest BCUT2D eigenvalue weighted by Gasteiger charge is 2.39. The molecule has 1 aromatic heterocycles. The number of anilines is 1. The molecular formula is C28H32N6O2. The van der Waals surface area contributed by atoms with Gasteiger partial charge in [-0.1, -0.05) is 48.5 Å². The molecule has 4 N–H and O–H groups in total. The largest absolute Gasteiger partial charge is 0.374 e. The maximum atomic E-state index is 12.3. The van der Waals surface area contributed by atoms with Crippen molar-refractivity contribution < 1.29 is 9.90 Å². The molecule has 0 radical (unpaired) electrons. The number of hydrogen-bond acceptors (Lipinski definition) is 6. The Morgan fingerprint density at radius 2 is 1.89 bits per heavy atom. The summed E-state index contributed by atoms with van der Waals surface area (Å²) in [5.41, 5.74) is 9.30. The normalized spacial score (nSPS) is 18.4. The lowest BCUT2D eigenvalue weighted by molar-refractivity contribution is -0.117. The van der Waals surface area contributed by atoms with Crippen LogP contribution in [0.15, 0.2) is 60.8 Å². The summed E-state index contributed by atoms with van der Waals surface area (Å²) in [7, 11) is 0. The topological polar surface area (TPSA) is 120 Å². The van der Waals surface area contributed by atoms with Gasteiger partial charge in [0, 0.05) is 31.7 Å². The molecule has 2 aliphatic rings. The molecule has 1 atom stereocenters. The maximum Gasteiger partial charge on any atom is 0.228 e. The van der Waals surface area contributed by atoms with Crippen LogP contribution >= 0.6 is 0 Å². The standard InChI is InChI=1S/C28H32N6O2/c29-14-11-28(34-19-24(25(30)35)26(32-34)31-27(36)22-9-10-22)12-15-33(16-13-28)18-20-5-4-8-23(17-20)21-6-2-1-3-7-21/h1-8,17,19,22,25,35H,9-13,15-16,18,30H2,(H,31,32,36). The van der Waals surface area contributed by atoms with Crippen molar-refractivity contribution in [3.63, 3.8) is 0 Å². The molecule has 186 valence electrons. The van der Waals surface area contributed by atoms with Crippen LogP contribution in [-0.2, 0) is 16.9 Å². The molecule has 1 aliphatic heterocycles. The fourth-order valence-electron chi connectivity index (χ4n) is 5.01. The molecule has 8 heteroatoms. The first-order chi connectivity index (χ1) is 17.5. The molecule has 5 rings (SSSR count). The predicted molar refractivity (Wildman–Crippen MR) is 137 cm³/mol. The number of nitrogens with two attached hydrogens (primary N) is 1. The van der Waals surface area contributed by atoms with Crippen LogP contribution < -0.4 is 11.1 Å². The van der Waals surface area contributed by atoms with Crippen molar-refractivity contribution >= 4 is 11.7 Å². The Morgan fingerprint density at radius 3 is 2.56 bits per heavy atom. The van der Waals surface area contributed by atoms with Crippen molar-refractivity contribution in [3.05, 3.63) is 71.9 Å². The number of piperidine rings is 1. The number of amides is 1. The van der Waals surface area contributed by atoms with E-state index in [1.54, 1.807) is 10.9 Å². The number of hydrogen-bond donors (Lipinski definition) is 3. The van der Waals surface area contributed by atoms with Crippen LogP contribution in [-0.4, -0.2) is 38.8 Å². The summed E-state index contributed by atoms with van der Waals surface area (Å²) >= 11 is 0. The quantitative estimate of drug-likeness (QED) is 0.419. The van der Waals surface area contributed by atoms with Gasteiger partial charge in [-0.2, -0.15) is 10.4 Å². The van der Waals surface area contributed by atoms with E-state index in [-0.39, 0.29) is 11.8 Å². The van der Waals surface area contributed by atoms with Crippen LogP contribution in [0.25, 0.3) is 11.1 Å². The summed E-state index contributed by atoms with van der Waals surface area (Å²) < 4.78 is 1.76. The zero-order valence-electron chi connectivity index (χ0n) is 20.3. The molecule has 1 saturated heterocycles. The average molecular weight is 485 g/mol. The Kier molecular flexibility index (Phi) is 6.88. The Morgan fingerprint density at radius 1 is 1.17 bits per heavy atom. The molecule has 1 amide bonds. The van der Waals surface area contributed by atoms with Gasteiger partial charge in [-0.15, -0.1) is 0 Å². The molecule has 36 heavy (non-hydrogen) atoms. The molecule has 0 spiro atoms. The first-order valence-corrected chi connectivity index (χ1v) is 12.6. The lowest BCUT2D eigenvalue weighted by Gasteiger charge is -2.40. The van der Waals surface area contributed by atoms with Crippen molar-refractivity contribution in [2.24, 2.45) is 11.7 Å². The van der Waals surface area contributed by atoms with Gasteiger partial charge in [0.25, 0.3) is 0 Å². The van der Waals surface area contributed by atoms with Gasteiger partial charge in [0.15, 0.2) is 5.82 Å². The maximum absolute atomic E-state index is 12.3. The fourth-order valence-corrected chi connectivity index (χ4v) is 5.01. The van der Waals surface area contributed by atoms with Crippen LogP contribution in [0, 0.1) is 17.2 Å². The van der Waals surface area contributed by atoms with Crippen molar-refractivity contribution in [2.45, 2.75) is 50.4 Å². The van der Waals surface area contributed by atoms with Crippen molar-refractivity contribution in [2.75, 3.05) is 18.4 Å². The van der Waals surface area contributed by atoms with Crippen LogP contribution in [0.3, 0.4) is 0 Å². The van der Waals surface area contributed by atoms with Gasteiger partial charge in [-0.05, 0) is 48.4 Å². The number of rotatable bonds is 8.